The maximum atomic E-state index is 13.6. The number of carbonyl (C=O) groups excluding carboxylic acids is 2. The molecule has 0 spiro atoms. The molecule has 0 aliphatic heterocycles. The molecule has 25 heavy (non-hydrogen) atoms. The van der Waals surface area contributed by atoms with E-state index in [2.05, 4.69) is 5.32 Å². The number of nitro groups is 1. The van der Waals surface area contributed by atoms with Gasteiger partial charge in [-0.15, -0.1) is 0 Å². The van der Waals surface area contributed by atoms with E-state index >= 15 is 0 Å². The van der Waals surface area contributed by atoms with E-state index in [0.29, 0.717) is 5.75 Å². The first kappa shape index (κ1) is 17.9. The summed E-state index contributed by atoms with van der Waals surface area (Å²) >= 11 is 0. The minimum absolute atomic E-state index is 0.204. The molecule has 0 heterocycles. The molecule has 8 nitrogen and oxygen atoms in total. The van der Waals surface area contributed by atoms with Crippen LogP contribution in [0.5, 0.6) is 5.75 Å². The molecule has 0 aliphatic carbocycles. The van der Waals surface area contributed by atoms with Crippen LogP contribution < -0.4 is 10.1 Å². The van der Waals surface area contributed by atoms with Gasteiger partial charge in [0.15, 0.2) is 6.61 Å². The van der Waals surface area contributed by atoms with Gasteiger partial charge in [0.1, 0.15) is 11.6 Å². The highest BCUT2D eigenvalue weighted by Gasteiger charge is 2.15. The second-order valence-corrected chi connectivity index (χ2v) is 4.77. The highest BCUT2D eigenvalue weighted by Crippen LogP contribution is 2.21. The van der Waals surface area contributed by atoms with Crippen LogP contribution in [-0.2, 0) is 9.53 Å². The lowest BCUT2D eigenvalue weighted by Gasteiger charge is -2.08. The summed E-state index contributed by atoms with van der Waals surface area (Å²) in [6.45, 7) is -0.674. The van der Waals surface area contributed by atoms with E-state index in [4.69, 9.17) is 9.47 Å². The molecule has 0 atom stereocenters. The van der Waals surface area contributed by atoms with Crippen LogP contribution in [0.15, 0.2) is 42.5 Å². The first-order chi connectivity index (χ1) is 11.9. The molecule has 2 aromatic carbocycles. The van der Waals surface area contributed by atoms with Crippen molar-refractivity contribution >= 4 is 23.3 Å². The average molecular weight is 348 g/mol. The highest BCUT2D eigenvalue weighted by atomic mass is 19.1. The zero-order valence-electron chi connectivity index (χ0n) is 13.0. The quantitative estimate of drug-likeness (QED) is 0.488. The molecule has 130 valence electrons. The van der Waals surface area contributed by atoms with E-state index in [0.717, 1.165) is 18.2 Å². The van der Waals surface area contributed by atoms with Gasteiger partial charge in [0.25, 0.3) is 11.6 Å². The molecular weight excluding hydrogens is 335 g/mol. The first-order valence-electron chi connectivity index (χ1n) is 6.95. The summed E-state index contributed by atoms with van der Waals surface area (Å²) in [6.07, 6.45) is 0. The number of halogens is 1. The molecule has 9 heteroatoms. The molecule has 0 bridgehead atoms. The molecule has 0 fully saturated rings. The number of nitro benzene ring substituents is 1. The maximum Gasteiger partial charge on any atom is 0.338 e. The zero-order valence-corrected chi connectivity index (χ0v) is 13.0. The SMILES string of the molecule is COc1ccc(C(=O)OCC(=O)Nc2cc([N+](=O)[O-])ccc2F)cc1. The molecule has 0 saturated heterocycles. The fourth-order valence-corrected chi connectivity index (χ4v) is 1.85. The number of ether oxygens (including phenoxy) is 2. The number of nitrogens with zero attached hydrogens (tertiary/aromatic N) is 1. The average Bonchev–Trinajstić information content (AvgIpc) is 2.61. The summed E-state index contributed by atoms with van der Waals surface area (Å²) in [4.78, 5) is 33.5. The predicted octanol–water partition coefficient (Wildman–Crippen LogP) is 2.54. The van der Waals surface area contributed by atoms with Crippen molar-refractivity contribution in [1.82, 2.24) is 0 Å². The third-order valence-electron chi connectivity index (χ3n) is 3.09. The lowest BCUT2D eigenvalue weighted by atomic mass is 10.2. The fourth-order valence-electron chi connectivity index (χ4n) is 1.85. The third-order valence-corrected chi connectivity index (χ3v) is 3.09. The van der Waals surface area contributed by atoms with Gasteiger partial charge in [0.05, 0.1) is 23.3 Å². The van der Waals surface area contributed by atoms with E-state index in [9.17, 15) is 24.1 Å². The van der Waals surface area contributed by atoms with Gasteiger partial charge in [0.2, 0.25) is 0 Å². The van der Waals surface area contributed by atoms with Crippen LogP contribution in [0.25, 0.3) is 0 Å². The molecule has 2 rings (SSSR count). The summed E-state index contributed by atoms with van der Waals surface area (Å²) in [5, 5.41) is 12.8. The van der Waals surface area contributed by atoms with Gasteiger partial charge in [-0.2, -0.15) is 0 Å². The summed E-state index contributed by atoms with van der Waals surface area (Å²) < 4.78 is 23.3. The number of hydrogen-bond donors (Lipinski definition) is 1. The Bertz CT molecular complexity index is 807. The Kier molecular flexibility index (Phi) is 5.62. The fraction of sp³-hybridized carbons (Fsp3) is 0.125. The van der Waals surface area contributed by atoms with Crippen molar-refractivity contribution in [3.05, 3.63) is 64.0 Å². The van der Waals surface area contributed by atoms with E-state index < -0.39 is 29.2 Å². The van der Waals surface area contributed by atoms with Crippen LogP contribution in [0.1, 0.15) is 10.4 Å². The third kappa shape index (κ3) is 4.74. The molecule has 1 amide bonds. The molecule has 0 aromatic heterocycles. The van der Waals surface area contributed by atoms with Crippen LogP contribution in [0.2, 0.25) is 0 Å². The van der Waals surface area contributed by atoms with Gasteiger partial charge in [-0.1, -0.05) is 0 Å². The van der Waals surface area contributed by atoms with Crippen molar-refractivity contribution in [2.75, 3.05) is 19.0 Å². The minimum Gasteiger partial charge on any atom is -0.497 e. The Morgan fingerprint density at radius 3 is 2.48 bits per heavy atom. The second kappa shape index (κ2) is 7.86. The summed E-state index contributed by atoms with van der Waals surface area (Å²) in [5.74, 6) is -1.88. The number of esters is 1. The van der Waals surface area contributed by atoms with Crippen molar-refractivity contribution in [1.29, 1.82) is 0 Å². The molecule has 0 radical (unpaired) electrons. The van der Waals surface area contributed by atoms with Crippen LogP contribution in [0, 0.1) is 15.9 Å². The summed E-state index contributed by atoms with van der Waals surface area (Å²) in [7, 11) is 1.48. The number of methoxy groups -OCH3 is 1. The predicted molar refractivity (Wildman–Crippen MR) is 85.0 cm³/mol. The topological polar surface area (TPSA) is 108 Å². The van der Waals surface area contributed by atoms with Crippen molar-refractivity contribution in [2.24, 2.45) is 0 Å². The standard InChI is InChI=1S/C16H13FN2O6/c1-24-12-5-2-10(3-6-12)16(21)25-9-15(20)18-14-8-11(19(22)23)4-7-13(14)17/h2-8H,9H2,1H3,(H,18,20). The number of carbonyl (C=O) groups is 2. The number of rotatable bonds is 6. The number of hydrogen-bond acceptors (Lipinski definition) is 6. The molecular formula is C16H13FN2O6. The Morgan fingerprint density at radius 2 is 1.88 bits per heavy atom. The van der Waals surface area contributed by atoms with Gasteiger partial charge < -0.3 is 14.8 Å². The number of anilines is 1. The van der Waals surface area contributed by atoms with Gasteiger partial charge in [-0.25, -0.2) is 9.18 Å². The number of nitrogens with one attached hydrogen (secondary N) is 1. The summed E-state index contributed by atoms with van der Waals surface area (Å²) in [6, 6.07) is 8.72. The summed E-state index contributed by atoms with van der Waals surface area (Å²) in [5.41, 5.74) is -0.554. The Morgan fingerprint density at radius 1 is 1.20 bits per heavy atom. The lowest BCUT2D eigenvalue weighted by molar-refractivity contribution is -0.384. The van der Waals surface area contributed by atoms with Crippen LogP contribution >= 0.6 is 0 Å². The molecule has 0 saturated carbocycles. The molecule has 0 unspecified atom stereocenters. The highest BCUT2D eigenvalue weighted by molar-refractivity contribution is 5.95. The molecule has 2 aromatic rings. The number of benzene rings is 2. The molecule has 1 N–H and O–H groups in total. The van der Waals surface area contributed by atoms with Crippen molar-refractivity contribution < 1.29 is 28.4 Å². The van der Waals surface area contributed by atoms with Crippen molar-refractivity contribution in [3.63, 3.8) is 0 Å². The van der Waals surface area contributed by atoms with Crippen LogP contribution in [-0.4, -0.2) is 30.5 Å². The van der Waals surface area contributed by atoms with E-state index in [-0.39, 0.29) is 16.9 Å². The van der Waals surface area contributed by atoms with Gasteiger partial charge in [0, 0.05) is 12.1 Å². The van der Waals surface area contributed by atoms with Crippen molar-refractivity contribution in [3.8, 4) is 5.75 Å². The largest absolute Gasteiger partial charge is 0.497 e. The van der Waals surface area contributed by atoms with Gasteiger partial charge >= 0.3 is 5.97 Å². The Balaban J connectivity index is 1.95. The Labute approximate surface area is 141 Å². The van der Waals surface area contributed by atoms with Gasteiger partial charge in [-0.3, -0.25) is 14.9 Å². The lowest BCUT2D eigenvalue weighted by Crippen LogP contribution is -2.21. The minimum atomic E-state index is -0.847. The van der Waals surface area contributed by atoms with Gasteiger partial charge in [-0.05, 0) is 30.3 Å². The Hall–Kier alpha value is -3.49. The maximum absolute atomic E-state index is 13.6. The number of non-ortho nitro benzene ring substituents is 1. The first-order valence-corrected chi connectivity index (χ1v) is 6.95. The van der Waals surface area contributed by atoms with E-state index in [1.165, 1.54) is 19.2 Å². The second-order valence-electron chi connectivity index (χ2n) is 4.77. The van der Waals surface area contributed by atoms with E-state index in [1.54, 1.807) is 12.1 Å². The smallest absolute Gasteiger partial charge is 0.338 e. The number of amides is 1. The molecule has 0 aliphatic rings. The van der Waals surface area contributed by atoms with Crippen LogP contribution in [0.4, 0.5) is 15.8 Å². The van der Waals surface area contributed by atoms with Crippen molar-refractivity contribution in [2.45, 2.75) is 0 Å². The monoisotopic (exact) mass is 348 g/mol. The zero-order chi connectivity index (χ0) is 18.4. The van der Waals surface area contributed by atoms with Crippen LogP contribution in [0.3, 0.4) is 0 Å². The van der Waals surface area contributed by atoms with E-state index in [1.807, 2.05) is 0 Å². The normalized spacial score (nSPS) is 10.0.